The number of hydrogen-bond donors (Lipinski definition) is 4. The molecule has 5 rings (SSSR count). The van der Waals surface area contributed by atoms with Gasteiger partial charge in [0, 0.05) is 34.5 Å². The third-order valence-corrected chi connectivity index (χ3v) is 9.72. The molecule has 8 nitrogen and oxygen atoms in total. The van der Waals surface area contributed by atoms with E-state index in [9.17, 15) is 9.50 Å². The first-order valence-electron chi connectivity index (χ1n) is 15.3. The number of aliphatic imine (C=N–C) groups is 1. The molecule has 2 atom stereocenters. The van der Waals surface area contributed by atoms with Gasteiger partial charge in [0.1, 0.15) is 29.4 Å². The van der Waals surface area contributed by atoms with Crippen LogP contribution in [0.4, 0.5) is 13.2 Å². The zero-order valence-electron chi connectivity index (χ0n) is 26.2. The van der Waals surface area contributed by atoms with E-state index >= 15 is 8.78 Å². The average molecular weight is 687 g/mol. The summed E-state index contributed by atoms with van der Waals surface area (Å²) in [5.41, 5.74) is 13.5. The van der Waals surface area contributed by atoms with Gasteiger partial charge in [-0.15, -0.1) is 0 Å². The first-order valence-corrected chi connectivity index (χ1v) is 16.7. The highest BCUT2D eigenvalue weighted by Gasteiger charge is 2.40. The number of halogens is 4. The van der Waals surface area contributed by atoms with Crippen molar-refractivity contribution >= 4 is 29.3 Å². The Morgan fingerprint density at radius 1 is 1.13 bits per heavy atom. The van der Waals surface area contributed by atoms with Gasteiger partial charge in [0.15, 0.2) is 11.1 Å². The molecule has 0 saturated carbocycles. The van der Waals surface area contributed by atoms with Gasteiger partial charge in [0.25, 0.3) is 0 Å². The number of unbranched alkanes of at least 4 members (excludes halogenated alkanes) is 1. The highest BCUT2D eigenvalue weighted by molar-refractivity contribution is 7.98. The highest BCUT2D eigenvalue weighted by atomic mass is 35.5. The summed E-state index contributed by atoms with van der Waals surface area (Å²) >= 11 is 7.55. The van der Waals surface area contributed by atoms with Crippen molar-refractivity contribution in [2.45, 2.75) is 61.6 Å². The molecule has 3 aromatic carbocycles. The molecule has 0 fully saturated rings. The van der Waals surface area contributed by atoms with Gasteiger partial charge < -0.3 is 21.3 Å². The van der Waals surface area contributed by atoms with Gasteiger partial charge in [-0.1, -0.05) is 29.4 Å². The van der Waals surface area contributed by atoms with Crippen LogP contribution in [0.25, 0.3) is 5.69 Å². The molecule has 0 saturated heterocycles. The lowest BCUT2D eigenvalue weighted by Gasteiger charge is -2.36. The smallest absolute Gasteiger partial charge is 0.185 e. The molecule has 0 spiro atoms. The Kier molecular flexibility index (Phi) is 11.1. The summed E-state index contributed by atoms with van der Waals surface area (Å²) in [7, 11) is 1.57. The standard InChI is InChI=1S/C34H38ClF3N6O2S/c1-34(21-7-12-25(35)29(18-21)46-2)13-5-6-28-30(34)44(23-10-8-22(36)9-11-23)33(43-28)47-19-24-26(37)16-20(17-27(24)38)31(45)41-14-3-4-15-42-32(39)40/h7-12,16-18,31,41,45H,3-6,13-15,19H2,1-2H3,(H4,39,40,42). The van der Waals surface area contributed by atoms with Crippen LogP contribution in [-0.2, 0) is 17.6 Å². The molecule has 6 N–H and O–H groups in total. The maximum atomic E-state index is 15.4. The molecule has 0 radical (unpaired) electrons. The molecular formula is C34H38ClF3N6O2S. The van der Waals surface area contributed by atoms with Gasteiger partial charge >= 0.3 is 0 Å². The Bertz CT molecular complexity index is 1730. The summed E-state index contributed by atoms with van der Waals surface area (Å²) in [5.74, 6) is -1.42. The Balaban J connectivity index is 1.42. The van der Waals surface area contributed by atoms with Crippen molar-refractivity contribution in [2.75, 3.05) is 20.2 Å². The molecule has 250 valence electrons. The lowest BCUT2D eigenvalue weighted by atomic mass is 9.71. The minimum Gasteiger partial charge on any atom is -0.495 e. The van der Waals surface area contributed by atoms with Crippen molar-refractivity contribution in [3.8, 4) is 11.4 Å². The summed E-state index contributed by atoms with van der Waals surface area (Å²) in [6.07, 6.45) is 2.48. The number of ether oxygens (including phenoxy) is 1. The molecule has 1 aliphatic rings. The minimum atomic E-state index is -1.25. The first kappa shape index (κ1) is 34.6. The van der Waals surface area contributed by atoms with Crippen LogP contribution < -0.4 is 21.5 Å². The van der Waals surface area contributed by atoms with Crippen molar-refractivity contribution in [2.24, 2.45) is 16.5 Å². The van der Waals surface area contributed by atoms with Gasteiger partial charge in [0.2, 0.25) is 0 Å². The Morgan fingerprint density at radius 2 is 1.85 bits per heavy atom. The number of rotatable bonds is 13. The van der Waals surface area contributed by atoms with E-state index in [4.69, 9.17) is 32.8 Å². The number of guanidine groups is 1. The van der Waals surface area contributed by atoms with Crippen molar-refractivity contribution in [1.82, 2.24) is 14.9 Å². The Labute approximate surface area is 281 Å². The van der Waals surface area contributed by atoms with Gasteiger partial charge in [-0.2, -0.15) is 0 Å². The van der Waals surface area contributed by atoms with Crippen LogP contribution in [-0.4, -0.2) is 40.8 Å². The summed E-state index contributed by atoms with van der Waals surface area (Å²) in [4.78, 5) is 8.87. The SMILES string of the molecule is COc1cc(C2(C)CCCc3nc(SCc4c(F)cc(C(O)NCCCCN=C(N)N)cc4F)n(-c4ccc(F)cc4)c32)ccc1Cl. The number of methoxy groups -OCH3 is 1. The van der Waals surface area contributed by atoms with Crippen LogP contribution in [0.1, 0.15) is 66.9 Å². The van der Waals surface area contributed by atoms with Crippen LogP contribution in [0.3, 0.4) is 0 Å². The molecule has 1 aliphatic carbocycles. The van der Waals surface area contributed by atoms with E-state index in [2.05, 4.69) is 17.2 Å². The summed E-state index contributed by atoms with van der Waals surface area (Å²) in [6.45, 7) is 2.99. The normalized spacial score (nSPS) is 16.5. The summed E-state index contributed by atoms with van der Waals surface area (Å²) in [5, 5.41) is 14.4. The van der Waals surface area contributed by atoms with E-state index in [0.717, 1.165) is 41.9 Å². The molecule has 47 heavy (non-hydrogen) atoms. The topological polar surface area (TPSA) is 124 Å². The van der Waals surface area contributed by atoms with Crippen molar-refractivity contribution in [3.63, 3.8) is 0 Å². The van der Waals surface area contributed by atoms with E-state index in [0.29, 0.717) is 54.0 Å². The number of aryl methyl sites for hydroxylation is 1. The molecule has 0 aliphatic heterocycles. The van der Waals surface area contributed by atoms with Gasteiger partial charge in [0.05, 0.1) is 23.5 Å². The summed E-state index contributed by atoms with van der Waals surface area (Å²) < 4.78 is 52.2. The van der Waals surface area contributed by atoms with E-state index < -0.39 is 23.3 Å². The second kappa shape index (κ2) is 15.0. The number of thioether (sulfide) groups is 1. The fourth-order valence-electron chi connectivity index (χ4n) is 5.98. The zero-order valence-corrected chi connectivity index (χ0v) is 27.8. The number of nitrogens with zero attached hydrogens (tertiary/aromatic N) is 3. The van der Waals surface area contributed by atoms with Crippen molar-refractivity contribution in [3.05, 3.63) is 105 Å². The highest BCUT2D eigenvalue weighted by Crippen LogP contribution is 2.47. The fraction of sp³-hybridized carbons (Fsp3) is 0.353. The fourth-order valence-corrected chi connectivity index (χ4v) is 7.22. The van der Waals surface area contributed by atoms with Crippen LogP contribution in [0, 0.1) is 17.5 Å². The van der Waals surface area contributed by atoms with Crippen LogP contribution in [0.15, 0.2) is 64.7 Å². The van der Waals surface area contributed by atoms with Crippen LogP contribution >= 0.6 is 23.4 Å². The van der Waals surface area contributed by atoms with Crippen molar-refractivity contribution < 1.29 is 23.0 Å². The molecule has 2 unspecified atom stereocenters. The van der Waals surface area contributed by atoms with E-state index in [-0.39, 0.29) is 28.7 Å². The molecular weight excluding hydrogens is 649 g/mol. The summed E-state index contributed by atoms with van der Waals surface area (Å²) in [6, 6.07) is 14.1. The third-order valence-electron chi connectivity index (χ3n) is 8.45. The average Bonchev–Trinajstić information content (AvgIpc) is 3.42. The first-order chi connectivity index (χ1) is 22.5. The maximum Gasteiger partial charge on any atom is 0.185 e. The Morgan fingerprint density at radius 3 is 2.53 bits per heavy atom. The molecule has 4 aromatic rings. The minimum absolute atomic E-state index is 0.0127. The second-order valence-corrected chi connectivity index (χ2v) is 13.0. The monoisotopic (exact) mass is 686 g/mol. The third kappa shape index (κ3) is 7.72. The number of imidazole rings is 1. The van der Waals surface area contributed by atoms with Gasteiger partial charge in [-0.25, -0.2) is 18.2 Å². The second-order valence-electron chi connectivity index (χ2n) is 11.7. The lowest BCUT2D eigenvalue weighted by molar-refractivity contribution is 0.138. The van der Waals surface area contributed by atoms with Gasteiger partial charge in [-0.05, 0) is 99.7 Å². The number of hydrogen-bond acceptors (Lipinski definition) is 6. The molecule has 1 heterocycles. The molecule has 13 heteroatoms. The van der Waals surface area contributed by atoms with E-state index in [1.54, 1.807) is 25.3 Å². The number of benzene rings is 3. The van der Waals surface area contributed by atoms with E-state index in [1.165, 1.54) is 23.9 Å². The maximum absolute atomic E-state index is 15.4. The number of aliphatic hydroxyl groups excluding tert-OH is 1. The zero-order chi connectivity index (χ0) is 33.7. The van der Waals surface area contributed by atoms with Crippen molar-refractivity contribution in [1.29, 1.82) is 0 Å². The number of aromatic nitrogens is 2. The quantitative estimate of drug-likeness (QED) is 0.0415. The molecule has 0 bridgehead atoms. The number of fused-ring (bicyclic) bond motifs is 1. The number of nitrogens with two attached hydrogens (primary N) is 2. The predicted octanol–water partition coefficient (Wildman–Crippen LogP) is 6.52. The Hall–Kier alpha value is -3.71. The van der Waals surface area contributed by atoms with Crippen LogP contribution in [0.5, 0.6) is 5.75 Å². The van der Waals surface area contributed by atoms with E-state index in [1.807, 2.05) is 16.7 Å². The number of nitrogens with one attached hydrogen (secondary N) is 1. The number of aliphatic hydroxyl groups is 1. The predicted molar refractivity (Wildman–Crippen MR) is 180 cm³/mol. The molecule has 0 amide bonds. The molecule has 1 aromatic heterocycles. The van der Waals surface area contributed by atoms with Crippen LogP contribution in [0.2, 0.25) is 5.02 Å². The van der Waals surface area contributed by atoms with Gasteiger partial charge in [-0.3, -0.25) is 14.9 Å². The largest absolute Gasteiger partial charge is 0.495 e. The lowest BCUT2D eigenvalue weighted by Crippen LogP contribution is -2.31.